The Labute approximate surface area is 215 Å². The summed E-state index contributed by atoms with van der Waals surface area (Å²) in [6, 6.07) is 7.07. The zero-order valence-electron chi connectivity index (χ0n) is 22.5. The van der Waals surface area contributed by atoms with Crippen LogP contribution < -0.4 is 10.2 Å². The predicted octanol–water partition coefficient (Wildman–Crippen LogP) is 6.27. The van der Waals surface area contributed by atoms with Crippen LogP contribution in [-0.2, 0) is 20.9 Å². The van der Waals surface area contributed by atoms with E-state index in [-0.39, 0.29) is 18.1 Å². The molecule has 1 aromatic heterocycles. The van der Waals surface area contributed by atoms with Gasteiger partial charge in [-0.05, 0) is 45.4 Å². The highest BCUT2D eigenvalue weighted by molar-refractivity contribution is 6.10. The van der Waals surface area contributed by atoms with Crippen LogP contribution in [-0.4, -0.2) is 36.6 Å². The number of fused-ring (bicyclic) bond motifs is 2. The standard InChI is InChI=1S/C28H33F3N4O2/c1-15(17-10-9-11-19(23(17)29)28(30,31)26(3,4)14-37-8)32-24-18-12-22-20(13-21(18)33-16(2)34-24)27(5,6)25(36)35(22)7/h9-13,15H,14H2,1-8H3,(H,32,33,34)/t15-/m1/s1. The maximum atomic E-state index is 15.6. The van der Waals surface area contributed by atoms with Crippen molar-refractivity contribution in [3.05, 3.63) is 58.7 Å². The second-order valence-corrected chi connectivity index (χ2v) is 11.0. The zero-order valence-corrected chi connectivity index (χ0v) is 22.5. The zero-order chi connectivity index (χ0) is 27.5. The fraction of sp³-hybridized carbons (Fsp3) is 0.464. The summed E-state index contributed by atoms with van der Waals surface area (Å²) in [6.45, 7) is 9.64. The molecule has 0 saturated carbocycles. The van der Waals surface area contributed by atoms with Gasteiger partial charge >= 0.3 is 0 Å². The quantitative estimate of drug-likeness (QED) is 0.403. The number of hydrogen-bond donors (Lipinski definition) is 1. The van der Waals surface area contributed by atoms with Crippen molar-refractivity contribution in [2.45, 2.75) is 58.9 Å². The molecule has 0 fully saturated rings. The van der Waals surface area contributed by atoms with Crippen molar-refractivity contribution in [3.63, 3.8) is 0 Å². The van der Waals surface area contributed by atoms with Crippen molar-refractivity contribution in [2.24, 2.45) is 5.41 Å². The third kappa shape index (κ3) is 4.23. The van der Waals surface area contributed by atoms with Crippen LogP contribution in [0.3, 0.4) is 0 Å². The summed E-state index contributed by atoms with van der Waals surface area (Å²) >= 11 is 0. The molecule has 0 bridgehead atoms. The maximum Gasteiger partial charge on any atom is 0.283 e. The Kier molecular flexibility index (Phi) is 6.51. The Hall–Kier alpha value is -3.20. The molecule has 198 valence electrons. The minimum absolute atomic E-state index is 0.0263. The number of nitrogens with one attached hydrogen (secondary N) is 1. The molecule has 37 heavy (non-hydrogen) atoms. The second-order valence-electron chi connectivity index (χ2n) is 11.0. The molecule has 2 heterocycles. The van der Waals surface area contributed by atoms with Crippen molar-refractivity contribution in [2.75, 3.05) is 31.0 Å². The molecule has 0 radical (unpaired) electrons. The number of hydrogen-bond acceptors (Lipinski definition) is 5. The van der Waals surface area contributed by atoms with Gasteiger partial charge in [-0.15, -0.1) is 0 Å². The average Bonchev–Trinajstić information content (AvgIpc) is 2.97. The van der Waals surface area contributed by atoms with E-state index in [9.17, 15) is 4.79 Å². The maximum absolute atomic E-state index is 15.6. The predicted molar refractivity (Wildman–Crippen MR) is 139 cm³/mol. The third-order valence-electron chi connectivity index (χ3n) is 7.34. The molecule has 2 aromatic carbocycles. The summed E-state index contributed by atoms with van der Waals surface area (Å²) in [5, 5.41) is 3.85. The molecule has 0 spiro atoms. The van der Waals surface area contributed by atoms with Crippen LogP contribution in [0.5, 0.6) is 0 Å². The van der Waals surface area contributed by atoms with E-state index in [0.717, 1.165) is 17.3 Å². The van der Waals surface area contributed by atoms with Crippen LogP contribution in [0.2, 0.25) is 0 Å². The van der Waals surface area contributed by atoms with Crippen LogP contribution in [0.1, 0.15) is 63.2 Å². The number of alkyl halides is 2. The van der Waals surface area contributed by atoms with Crippen molar-refractivity contribution in [3.8, 4) is 0 Å². The first-order valence-electron chi connectivity index (χ1n) is 12.2. The Morgan fingerprint density at radius 2 is 1.86 bits per heavy atom. The number of ether oxygens (including phenoxy) is 1. The molecule has 9 heteroatoms. The number of halogens is 3. The van der Waals surface area contributed by atoms with Crippen LogP contribution in [0.25, 0.3) is 10.9 Å². The summed E-state index contributed by atoms with van der Waals surface area (Å²) in [5.74, 6) is -3.55. The summed E-state index contributed by atoms with van der Waals surface area (Å²) in [4.78, 5) is 23.5. The van der Waals surface area contributed by atoms with E-state index in [1.165, 1.54) is 33.1 Å². The molecule has 3 aromatic rings. The molecule has 1 aliphatic heterocycles. The van der Waals surface area contributed by atoms with E-state index in [1.807, 2.05) is 26.0 Å². The highest BCUT2D eigenvalue weighted by atomic mass is 19.3. The van der Waals surface area contributed by atoms with E-state index in [1.54, 1.807) is 25.8 Å². The summed E-state index contributed by atoms with van der Waals surface area (Å²) in [6.07, 6.45) is 0. The van der Waals surface area contributed by atoms with Crippen LogP contribution in [0.4, 0.5) is 24.7 Å². The van der Waals surface area contributed by atoms with Crippen molar-refractivity contribution in [1.82, 2.24) is 9.97 Å². The monoisotopic (exact) mass is 514 g/mol. The number of aromatic nitrogens is 2. The van der Waals surface area contributed by atoms with Crippen molar-refractivity contribution >= 4 is 28.3 Å². The molecule has 1 atom stereocenters. The lowest BCUT2D eigenvalue weighted by Gasteiger charge is -2.34. The normalized spacial score (nSPS) is 16.3. The first-order valence-corrected chi connectivity index (χ1v) is 12.2. The fourth-order valence-electron chi connectivity index (χ4n) is 5.04. The third-order valence-corrected chi connectivity index (χ3v) is 7.34. The molecular formula is C28H33F3N4O2. The summed E-state index contributed by atoms with van der Waals surface area (Å²) in [7, 11) is 3.06. The number of rotatable bonds is 7. The van der Waals surface area contributed by atoms with Gasteiger partial charge in [0.2, 0.25) is 5.91 Å². The molecular weight excluding hydrogens is 481 g/mol. The number of methoxy groups -OCH3 is 1. The molecule has 1 N–H and O–H groups in total. The lowest BCUT2D eigenvalue weighted by Crippen LogP contribution is -2.38. The van der Waals surface area contributed by atoms with E-state index in [0.29, 0.717) is 22.5 Å². The number of carbonyl (C=O) groups excluding carboxylic acids is 1. The van der Waals surface area contributed by atoms with Gasteiger partial charge in [0.1, 0.15) is 17.5 Å². The Morgan fingerprint density at radius 3 is 2.51 bits per heavy atom. The number of carbonyl (C=O) groups is 1. The number of aryl methyl sites for hydroxylation is 1. The van der Waals surface area contributed by atoms with Gasteiger partial charge in [-0.3, -0.25) is 4.79 Å². The van der Waals surface area contributed by atoms with Crippen LogP contribution >= 0.6 is 0 Å². The van der Waals surface area contributed by atoms with Gasteiger partial charge in [-0.1, -0.05) is 32.0 Å². The van der Waals surface area contributed by atoms with E-state index < -0.39 is 34.2 Å². The molecule has 0 saturated heterocycles. The topological polar surface area (TPSA) is 67.3 Å². The average molecular weight is 515 g/mol. The fourth-order valence-corrected chi connectivity index (χ4v) is 5.04. The highest BCUT2D eigenvalue weighted by Gasteiger charge is 2.50. The van der Waals surface area contributed by atoms with Gasteiger partial charge in [0, 0.05) is 30.8 Å². The van der Waals surface area contributed by atoms with Gasteiger partial charge in [0.25, 0.3) is 5.92 Å². The Bertz CT molecular complexity index is 1390. The molecule has 6 nitrogen and oxygen atoms in total. The number of amides is 1. The Balaban J connectivity index is 1.76. The van der Waals surface area contributed by atoms with E-state index in [2.05, 4.69) is 15.3 Å². The first-order chi connectivity index (χ1) is 17.1. The largest absolute Gasteiger partial charge is 0.384 e. The lowest BCUT2D eigenvalue weighted by atomic mass is 9.81. The molecule has 0 unspecified atom stereocenters. The van der Waals surface area contributed by atoms with E-state index in [4.69, 9.17) is 4.74 Å². The van der Waals surface area contributed by atoms with Gasteiger partial charge in [0.05, 0.1) is 34.6 Å². The van der Waals surface area contributed by atoms with Crippen molar-refractivity contribution < 1.29 is 22.7 Å². The second kappa shape index (κ2) is 8.97. The van der Waals surface area contributed by atoms with Gasteiger partial charge < -0.3 is 15.0 Å². The molecule has 1 amide bonds. The minimum atomic E-state index is -3.47. The SMILES string of the molecule is COCC(C)(C)C(F)(F)c1cccc([C@@H](C)Nc2nc(C)nc3cc4c(cc23)N(C)C(=O)C4(C)C)c1F. The highest BCUT2D eigenvalue weighted by Crippen LogP contribution is 2.47. The smallest absolute Gasteiger partial charge is 0.283 e. The van der Waals surface area contributed by atoms with Crippen molar-refractivity contribution in [1.29, 1.82) is 0 Å². The number of likely N-dealkylation sites (N-methyl/N-ethyl adjacent to an activating group) is 1. The van der Waals surface area contributed by atoms with Gasteiger partial charge in [-0.25, -0.2) is 23.1 Å². The summed E-state index contributed by atoms with van der Waals surface area (Å²) in [5.41, 5.74) is -0.643. The number of benzene rings is 2. The summed E-state index contributed by atoms with van der Waals surface area (Å²) < 4.78 is 51.3. The van der Waals surface area contributed by atoms with Gasteiger partial charge in [0.15, 0.2) is 0 Å². The van der Waals surface area contributed by atoms with Gasteiger partial charge in [-0.2, -0.15) is 0 Å². The van der Waals surface area contributed by atoms with E-state index >= 15 is 13.2 Å². The Morgan fingerprint density at radius 1 is 1.19 bits per heavy atom. The molecule has 4 rings (SSSR count). The number of nitrogens with zero attached hydrogens (tertiary/aromatic N) is 3. The minimum Gasteiger partial charge on any atom is -0.384 e. The van der Waals surface area contributed by atoms with Crippen LogP contribution in [0, 0.1) is 18.2 Å². The first kappa shape index (κ1) is 26.9. The molecule has 1 aliphatic rings. The molecule has 0 aliphatic carbocycles. The lowest BCUT2D eigenvalue weighted by molar-refractivity contribution is -0.140. The van der Waals surface area contributed by atoms with Crippen LogP contribution in [0.15, 0.2) is 30.3 Å². The number of anilines is 2.